The Balaban J connectivity index is 2.59. The number of carbonyl (C=O) groups excluding carboxylic acids is 2. The Morgan fingerprint density at radius 1 is 0.964 bits per heavy atom. The third-order valence-corrected chi connectivity index (χ3v) is 5.63. The average Bonchev–Trinajstić information content (AvgIpc) is 2.88. The molecule has 0 aliphatic carbocycles. The highest BCUT2D eigenvalue weighted by Gasteiger charge is 2.40. The zero-order valence-corrected chi connectivity index (χ0v) is 20.1. The smallest absolute Gasteiger partial charge is 0.337 e. The van der Waals surface area contributed by atoms with Crippen LogP contribution in [0, 0.1) is 0 Å². The van der Waals surface area contributed by atoms with Crippen molar-refractivity contribution < 1.29 is 19.1 Å². The minimum absolute atomic E-state index is 0.427. The first-order valence-electron chi connectivity index (χ1n) is 9.09. The first kappa shape index (κ1) is 22.7. The molecule has 1 aliphatic heterocycles. The maximum absolute atomic E-state index is 13.1. The zero-order valence-electron chi connectivity index (χ0n) is 17.7. The Morgan fingerprint density at radius 3 is 1.71 bits per heavy atom. The van der Waals surface area contributed by atoms with Gasteiger partial charge >= 0.3 is 11.9 Å². The summed E-state index contributed by atoms with van der Waals surface area (Å²) in [6, 6.07) is 1.93. The van der Waals surface area contributed by atoms with Crippen LogP contribution >= 0.6 is 27.3 Å². The summed E-state index contributed by atoms with van der Waals surface area (Å²) in [5.74, 6) is -1.44. The van der Waals surface area contributed by atoms with Gasteiger partial charge in [0.05, 0.1) is 17.1 Å². The van der Waals surface area contributed by atoms with Crippen molar-refractivity contribution >= 4 is 39.2 Å². The highest BCUT2D eigenvalue weighted by Crippen LogP contribution is 2.43. The molecule has 1 aliphatic rings. The lowest BCUT2D eigenvalue weighted by atomic mass is 9.84. The molecule has 154 valence electrons. The highest BCUT2D eigenvalue weighted by atomic mass is 79.9. The third-order valence-electron chi connectivity index (χ3n) is 3.87. The van der Waals surface area contributed by atoms with E-state index >= 15 is 0 Å². The van der Waals surface area contributed by atoms with Gasteiger partial charge in [-0.15, -0.1) is 11.3 Å². The van der Waals surface area contributed by atoms with Crippen molar-refractivity contribution in [3.05, 3.63) is 43.3 Å². The summed E-state index contributed by atoms with van der Waals surface area (Å²) in [5, 5.41) is 5.10. The van der Waals surface area contributed by atoms with Gasteiger partial charge in [0.2, 0.25) is 0 Å². The van der Waals surface area contributed by atoms with E-state index in [1.54, 1.807) is 0 Å². The van der Waals surface area contributed by atoms with Gasteiger partial charge in [0.25, 0.3) is 0 Å². The van der Waals surface area contributed by atoms with Crippen LogP contribution in [0.2, 0.25) is 0 Å². The molecular weight excluding hydrogens is 442 g/mol. The molecule has 0 aromatic carbocycles. The van der Waals surface area contributed by atoms with Crippen LogP contribution < -0.4 is 5.32 Å². The first-order chi connectivity index (χ1) is 12.7. The molecule has 0 unspecified atom stereocenters. The normalized spacial score (nSPS) is 16.2. The fourth-order valence-corrected chi connectivity index (χ4v) is 4.53. The molecule has 28 heavy (non-hydrogen) atoms. The van der Waals surface area contributed by atoms with Crippen LogP contribution in [0.3, 0.4) is 0 Å². The Kier molecular flexibility index (Phi) is 6.50. The molecular formula is C21H28BrNO4S. The maximum atomic E-state index is 13.1. The van der Waals surface area contributed by atoms with Gasteiger partial charge in [-0.25, -0.2) is 9.59 Å². The van der Waals surface area contributed by atoms with E-state index in [1.165, 1.54) is 11.3 Å². The Labute approximate surface area is 179 Å². The number of hydrogen-bond acceptors (Lipinski definition) is 6. The van der Waals surface area contributed by atoms with E-state index in [4.69, 9.17) is 9.47 Å². The fraction of sp³-hybridized carbons (Fsp3) is 0.524. The SMILES string of the molecule is CC1=C(C(=O)OC(C)(C)C)C(c2cc(Br)cs2)C(C(=O)OC(C)(C)C)=C(C)N1. The van der Waals surface area contributed by atoms with Gasteiger partial charge in [0.1, 0.15) is 11.2 Å². The lowest BCUT2D eigenvalue weighted by molar-refractivity contribution is -0.150. The second kappa shape index (κ2) is 8.03. The van der Waals surface area contributed by atoms with Crippen molar-refractivity contribution in [3.8, 4) is 0 Å². The Bertz CT molecular complexity index is 802. The van der Waals surface area contributed by atoms with Crippen molar-refractivity contribution in [3.63, 3.8) is 0 Å². The van der Waals surface area contributed by atoms with Crippen molar-refractivity contribution in [2.45, 2.75) is 72.5 Å². The van der Waals surface area contributed by atoms with Crippen molar-refractivity contribution in [1.29, 1.82) is 0 Å². The predicted octanol–water partition coefficient (Wildman–Crippen LogP) is 5.43. The van der Waals surface area contributed by atoms with Crippen LogP contribution in [-0.2, 0) is 19.1 Å². The standard InChI is InChI=1S/C21H28BrNO4S/c1-11-15(18(24)26-20(3,4)5)17(14-9-13(22)10-28-14)16(12(2)23-11)19(25)27-21(6,7)8/h9-10,17,23H,1-8H3. The number of ether oxygens (including phenoxy) is 2. The molecule has 0 saturated heterocycles. The zero-order chi connectivity index (χ0) is 21.4. The van der Waals surface area contributed by atoms with Gasteiger partial charge in [0.15, 0.2) is 0 Å². The molecule has 1 aromatic rings. The second-order valence-electron chi connectivity index (χ2n) is 8.81. The largest absolute Gasteiger partial charge is 0.457 e. The van der Waals surface area contributed by atoms with E-state index in [0.717, 1.165) is 9.35 Å². The highest BCUT2D eigenvalue weighted by molar-refractivity contribution is 9.10. The number of allylic oxidation sites excluding steroid dienone is 2. The van der Waals surface area contributed by atoms with Crippen LogP contribution in [0.5, 0.6) is 0 Å². The summed E-state index contributed by atoms with van der Waals surface area (Å²) >= 11 is 4.95. The van der Waals surface area contributed by atoms with Gasteiger partial charge in [-0.1, -0.05) is 0 Å². The van der Waals surface area contributed by atoms with Gasteiger partial charge in [-0.3, -0.25) is 0 Å². The van der Waals surface area contributed by atoms with Crippen LogP contribution in [0.4, 0.5) is 0 Å². The monoisotopic (exact) mass is 469 g/mol. The molecule has 2 heterocycles. The topological polar surface area (TPSA) is 64.6 Å². The first-order valence-corrected chi connectivity index (χ1v) is 10.8. The average molecular weight is 470 g/mol. The van der Waals surface area contributed by atoms with Crippen molar-refractivity contribution in [1.82, 2.24) is 5.32 Å². The molecule has 5 nitrogen and oxygen atoms in total. The van der Waals surface area contributed by atoms with Crippen molar-refractivity contribution in [2.75, 3.05) is 0 Å². The summed E-state index contributed by atoms with van der Waals surface area (Å²) < 4.78 is 12.2. The lowest BCUT2D eigenvalue weighted by Crippen LogP contribution is -2.36. The van der Waals surface area contributed by atoms with E-state index in [9.17, 15) is 9.59 Å². The molecule has 0 atom stereocenters. The minimum Gasteiger partial charge on any atom is -0.457 e. The second-order valence-corrected chi connectivity index (χ2v) is 10.7. The van der Waals surface area contributed by atoms with Gasteiger partial charge < -0.3 is 14.8 Å². The number of hydrogen-bond donors (Lipinski definition) is 1. The molecule has 2 rings (SSSR count). The number of carbonyl (C=O) groups is 2. The predicted molar refractivity (Wildman–Crippen MR) is 115 cm³/mol. The molecule has 0 radical (unpaired) electrons. The fourth-order valence-electron chi connectivity index (χ4n) is 2.97. The van der Waals surface area contributed by atoms with E-state index in [-0.39, 0.29) is 0 Å². The summed E-state index contributed by atoms with van der Waals surface area (Å²) in [6.45, 7) is 14.6. The van der Waals surface area contributed by atoms with Gasteiger partial charge in [-0.05, 0) is 77.4 Å². The van der Waals surface area contributed by atoms with Crippen LogP contribution in [0.15, 0.2) is 38.5 Å². The Hall–Kier alpha value is -1.60. The van der Waals surface area contributed by atoms with Gasteiger partial charge in [-0.2, -0.15) is 0 Å². The van der Waals surface area contributed by atoms with E-state index < -0.39 is 29.1 Å². The number of esters is 2. The van der Waals surface area contributed by atoms with E-state index in [1.807, 2.05) is 66.8 Å². The number of halogens is 1. The molecule has 1 N–H and O–H groups in total. The Morgan fingerprint density at radius 2 is 1.39 bits per heavy atom. The molecule has 0 amide bonds. The summed E-state index contributed by atoms with van der Waals surface area (Å²) in [7, 11) is 0. The minimum atomic E-state index is -0.646. The quantitative estimate of drug-likeness (QED) is 0.597. The van der Waals surface area contributed by atoms with E-state index in [0.29, 0.717) is 22.5 Å². The van der Waals surface area contributed by atoms with Gasteiger partial charge in [0, 0.05) is 26.1 Å². The number of nitrogens with one attached hydrogen (secondary N) is 1. The molecule has 7 heteroatoms. The number of rotatable bonds is 3. The number of dihydropyridines is 1. The number of thiophene rings is 1. The van der Waals surface area contributed by atoms with Crippen LogP contribution in [0.25, 0.3) is 0 Å². The molecule has 0 fully saturated rings. The van der Waals surface area contributed by atoms with Crippen LogP contribution in [0.1, 0.15) is 66.2 Å². The molecule has 0 spiro atoms. The molecule has 1 aromatic heterocycles. The summed E-state index contributed by atoms with van der Waals surface area (Å²) in [6.07, 6.45) is 0. The van der Waals surface area contributed by atoms with Crippen molar-refractivity contribution in [2.24, 2.45) is 0 Å². The van der Waals surface area contributed by atoms with Crippen LogP contribution in [-0.4, -0.2) is 23.1 Å². The molecule has 0 bridgehead atoms. The van der Waals surface area contributed by atoms with E-state index in [2.05, 4.69) is 21.2 Å². The summed E-state index contributed by atoms with van der Waals surface area (Å²) in [4.78, 5) is 27.0. The molecule has 0 saturated carbocycles. The lowest BCUT2D eigenvalue weighted by Gasteiger charge is -2.32. The maximum Gasteiger partial charge on any atom is 0.337 e. The third kappa shape index (κ3) is 5.47. The summed E-state index contributed by atoms with van der Waals surface area (Å²) in [5.41, 5.74) is 0.911.